The van der Waals surface area contributed by atoms with Crippen LogP contribution < -0.4 is 5.32 Å². The second kappa shape index (κ2) is 7.21. The highest BCUT2D eigenvalue weighted by Gasteiger charge is 2.24. The minimum atomic E-state index is -4.64. The van der Waals surface area contributed by atoms with Gasteiger partial charge < -0.3 is 10.1 Å². The Balaban J connectivity index is 0. The lowest BCUT2D eigenvalue weighted by Gasteiger charge is -2.19. The number of hydrogen-bond donors (Lipinski definition) is 1. The first-order valence-corrected chi connectivity index (χ1v) is 4.16. The van der Waals surface area contributed by atoms with E-state index in [0.717, 1.165) is 0 Å². The third-order valence-electron chi connectivity index (χ3n) is 0.786. The van der Waals surface area contributed by atoms with E-state index in [4.69, 9.17) is 13.6 Å². The number of carbonyl (C=O) groups is 2. The predicted molar refractivity (Wildman–Crippen MR) is 51.9 cm³/mol. The molecule has 0 saturated heterocycles. The SMILES string of the molecule is O=CC(F)(F)F.[2H]C([2H])([2H])NCC(=O)OC(C)(C)C. The molecular weight excluding hydrogens is 227 g/mol. The molecule has 0 bridgehead atoms. The van der Waals surface area contributed by atoms with Gasteiger partial charge in [-0.25, -0.2) is 0 Å². The van der Waals surface area contributed by atoms with Crippen LogP contribution in [-0.4, -0.2) is 37.6 Å². The van der Waals surface area contributed by atoms with E-state index in [1.54, 1.807) is 20.8 Å². The molecule has 7 heteroatoms. The molecule has 0 heterocycles. The molecule has 0 amide bonds. The molecule has 0 aliphatic heterocycles. The Morgan fingerprint density at radius 2 is 1.88 bits per heavy atom. The number of halogens is 3. The molecule has 0 atom stereocenters. The summed E-state index contributed by atoms with van der Waals surface area (Å²) in [5.74, 6) is -0.566. The lowest BCUT2D eigenvalue weighted by molar-refractivity contribution is -0.156. The fourth-order valence-electron chi connectivity index (χ4n) is 0.450. The molecule has 96 valence electrons. The summed E-state index contributed by atoms with van der Waals surface area (Å²) in [7, 11) is 0. The molecule has 16 heavy (non-hydrogen) atoms. The third-order valence-corrected chi connectivity index (χ3v) is 0.786. The molecule has 0 rings (SSSR count). The van der Waals surface area contributed by atoms with Crippen LogP contribution in [0.4, 0.5) is 13.2 Å². The van der Waals surface area contributed by atoms with Crippen molar-refractivity contribution in [2.45, 2.75) is 32.5 Å². The van der Waals surface area contributed by atoms with Gasteiger partial charge in [0.25, 0.3) is 0 Å². The van der Waals surface area contributed by atoms with Crippen molar-refractivity contribution in [2.75, 3.05) is 13.5 Å². The van der Waals surface area contributed by atoms with Crippen molar-refractivity contribution in [3.63, 3.8) is 0 Å². The fourth-order valence-corrected chi connectivity index (χ4v) is 0.450. The molecule has 0 fully saturated rings. The Morgan fingerprint density at radius 1 is 1.44 bits per heavy atom. The topological polar surface area (TPSA) is 55.4 Å². The van der Waals surface area contributed by atoms with Crippen molar-refractivity contribution in [1.29, 1.82) is 0 Å². The van der Waals surface area contributed by atoms with Crippen LogP contribution in [0.25, 0.3) is 0 Å². The molecule has 1 N–H and O–H groups in total. The van der Waals surface area contributed by atoms with Gasteiger partial charge in [0.1, 0.15) is 5.60 Å². The largest absolute Gasteiger partial charge is 0.459 e. The molecule has 0 spiro atoms. The summed E-state index contributed by atoms with van der Waals surface area (Å²) >= 11 is 0. The van der Waals surface area contributed by atoms with E-state index in [0.29, 0.717) is 0 Å². The zero-order valence-electron chi connectivity index (χ0n) is 12.1. The summed E-state index contributed by atoms with van der Waals surface area (Å²) in [5.41, 5.74) is -0.576. The predicted octanol–water partition coefficient (Wildman–Crippen LogP) is 1.30. The Labute approximate surface area is 96.4 Å². The number of aldehydes is 1. The van der Waals surface area contributed by atoms with Crippen LogP contribution in [0.15, 0.2) is 0 Å². The van der Waals surface area contributed by atoms with E-state index in [1.165, 1.54) is 0 Å². The average Bonchev–Trinajstić information content (AvgIpc) is 2.11. The summed E-state index contributed by atoms with van der Waals surface area (Å²) in [4.78, 5) is 19.7. The van der Waals surface area contributed by atoms with Gasteiger partial charge in [-0.15, -0.1) is 0 Å². The van der Waals surface area contributed by atoms with Crippen LogP contribution in [0.3, 0.4) is 0 Å². The maximum absolute atomic E-state index is 11.0. The quantitative estimate of drug-likeness (QED) is 0.589. The lowest BCUT2D eigenvalue weighted by Crippen LogP contribution is -2.29. The summed E-state index contributed by atoms with van der Waals surface area (Å²) in [6.45, 7) is 2.57. The Bertz CT molecular complexity index is 298. The van der Waals surface area contributed by atoms with Crippen molar-refractivity contribution in [2.24, 2.45) is 0 Å². The number of esters is 1. The third kappa shape index (κ3) is 18.6. The van der Waals surface area contributed by atoms with Gasteiger partial charge in [0, 0.05) is 4.11 Å². The molecule has 0 aliphatic carbocycles. The molecule has 0 aromatic rings. The van der Waals surface area contributed by atoms with Gasteiger partial charge >= 0.3 is 12.1 Å². The highest BCUT2D eigenvalue weighted by atomic mass is 19.4. The van der Waals surface area contributed by atoms with Crippen LogP contribution in [0.5, 0.6) is 0 Å². The summed E-state index contributed by atoms with van der Waals surface area (Å²) in [5, 5.41) is 2.07. The Hall–Kier alpha value is -1.11. The Morgan fingerprint density at radius 3 is 2.12 bits per heavy atom. The molecule has 0 radical (unpaired) electrons. The summed E-state index contributed by atoms with van der Waals surface area (Å²) in [6, 6.07) is 0. The van der Waals surface area contributed by atoms with Gasteiger partial charge in [-0.1, -0.05) is 0 Å². The van der Waals surface area contributed by atoms with Gasteiger partial charge in [0.15, 0.2) is 0 Å². The maximum atomic E-state index is 11.0. The van der Waals surface area contributed by atoms with Crippen molar-refractivity contribution in [1.82, 2.24) is 5.32 Å². The number of likely N-dealkylation sites (N-methyl/N-ethyl adjacent to an activating group) is 1. The molecule has 0 aromatic heterocycles. The van der Waals surface area contributed by atoms with E-state index >= 15 is 0 Å². The first-order valence-electron chi connectivity index (χ1n) is 5.66. The van der Waals surface area contributed by atoms with Gasteiger partial charge in [-0.2, -0.15) is 13.2 Å². The van der Waals surface area contributed by atoms with E-state index in [-0.39, 0.29) is 6.54 Å². The lowest BCUT2D eigenvalue weighted by atomic mass is 10.2. The van der Waals surface area contributed by atoms with Crippen molar-refractivity contribution in [3.05, 3.63) is 0 Å². The maximum Gasteiger partial charge on any atom is 0.446 e. The number of hydrogen-bond acceptors (Lipinski definition) is 4. The summed E-state index contributed by atoms with van der Waals surface area (Å²) < 4.78 is 56.4. The van der Waals surface area contributed by atoms with Crippen LogP contribution in [0.1, 0.15) is 24.9 Å². The van der Waals surface area contributed by atoms with E-state index in [1.807, 2.05) is 0 Å². The standard InChI is InChI=1S/C7H15NO2.C2HF3O/c1-7(2,3)10-6(9)5-8-4;3-2(4,5)1-6/h8H,5H2,1-4H3;1H/i4D3;. The van der Waals surface area contributed by atoms with Crippen LogP contribution >= 0.6 is 0 Å². The van der Waals surface area contributed by atoms with E-state index < -0.39 is 31.0 Å². The van der Waals surface area contributed by atoms with Crippen molar-refractivity contribution < 1.29 is 31.6 Å². The minimum absolute atomic E-state index is 0.298. The monoisotopic (exact) mass is 246 g/mol. The van der Waals surface area contributed by atoms with Crippen molar-refractivity contribution in [3.8, 4) is 0 Å². The van der Waals surface area contributed by atoms with Crippen LogP contribution in [0.2, 0.25) is 0 Å². The van der Waals surface area contributed by atoms with Gasteiger partial charge in [-0.05, 0) is 27.7 Å². The first-order chi connectivity index (χ1) is 8.16. The van der Waals surface area contributed by atoms with Crippen molar-refractivity contribution >= 4 is 12.3 Å². The zero-order chi connectivity index (χ0) is 15.9. The number of nitrogens with one attached hydrogen (secondary N) is 1. The number of rotatable bonds is 2. The second-order valence-corrected chi connectivity index (χ2v) is 3.60. The number of carbonyl (C=O) groups excluding carboxylic acids is 2. The van der Waals surface area contributed by atoms with Crippen LogP contribution in [-0.2, 0) is 14.3 Å². The van der Waals surface area contributed by atoms with E-state index in [2.05, 4.69) is 5.32 Å². The highest BCUT2D eigenvalue weighted by molar-refractivity contribution is 5.71. The highest BCUT2D eigenvalue weighted by Crippen LogP contribution is 2.08. The smallest absolute Gasteiger partial charge is 0.446 e. The average molecular weight is 246 g/mol. The van der Waals surface area contributed by atoms with Gasteiger partial charge in [-0.3, -0.25) is 9.59 Å². The molecule has 0 aromatic carbocycles. The minimum Gasteiger partial charge on any atom is -0.459 e. The normalized spacial score (nSPS) is 14.8. The van der Waals surface area contributed by atoms with Crippen LogP contribution in [0, 0.1) is 0 Å². The van der Waals surface area contributed by atoms with Gasteiger partial charge in [0.05, 0.1) is 6.54 Å². The molecule has 0 saturated carbocycles. The van der Waals surface area contributed by atoms with Gasteiger partial charge in [0.2, 0.25) is 6.29 Å². The summed E-state index contributed by atoms with van der Waals surface area (Å²) in [6.07, 6.45) is -5.70. The second-order valence-electron chi connectivity index (χ2n) is 3.60. The number of ether oxygens (including phenoxy) is 1. The Kier molecular flexibility index (Phi) is 5.13. The number of alkyl halides is 3. The zero-order valence-corrected chi connectivity index (χ0v) is 9.14. The van der Waals surface area contributed by atoms with E-state index in [9.17, 15) is 18.0 Å². The fraction of sp³-hybridized carbons (Fsp3) is 0.778. The molecule has 4 nitrogen and oxygen atoms in total. The molecule has 0 aliphatic rings. The molecular formula is C9H16F3NO3. The molecule has 0 unspecified atom stereocenters. The first kappa shape index (κ1) is 11.4.